The van der Waals surface area contributed by atoms with Gasteiger partial charge in [-0.05, 0) is 108 Å². The zero-order valence-corrected chi connectivity index (χ0v) is 55.3. The molecule has 12 atom stereocenters. The Morgan fingerprint density at radius 1 is 1.02 bits per heavy atom. The van der Waals surface area contributed by atoms with Crippen molar-refractivity contribution in [1.29, 1.82) is 0 Å². The fourth-order valence-electron chi connectivity index (χ4n) is 10.5. The Morgan fingerprint density at radius 2 is 1.73 bits per heavy atom. The number of rotatable bonds is 27. The lowest BCUT2D eigenvalue weighted by Crippen LogP contribution is -2.63. The number of nitrogens with one attached hydrogen (secondary N) is 6. The van der Waals surface area contributed by atoms with Crippen molar-refractivity contribution in [3.8, 4) is 11.5 Å². The Morgan fingerprint density at radius 3 is 2.35 bits per heavy atom. The summed E-state index contributed by atoms with van der Waals surface area (Å²) < 4.78 is 29.5. The number of carbonyl (C=O) groups is 8. The summed E-state index contributed by atoms with van der Waals surface area (Å²) in [5.74, 6) is -5.17. The smallest absolute Gasteiger partial charge is 0.409 e. The van der Waals surface area contributed by atoms with Crippen molar-refractivity contribution < 1.29 is 77.4 Å². The number of amides is 6. The highest BCUT2D eigenvalue weighted by molar-refractivity contribution is 9.09. The number of aldehydes is 1. The van der Waals surface area contributed by atoms with Gasteiger partial charge in [0, 0.05) is 56.3 Å². The highest BCUT2D eigenvalue weighted by Gasteiger charge is 2.64. The minimum absolute atomic E-state index is 0.0310. The number of hydrogen-bond donors (Lipinski definition) is 10. The van der Waals surface area contributed by atoms with Gasteiger partial charge in [0.2, 0.25) is 23.6 Å². The number of alkyl halides is 2. The number of aliphatic hydroxyl groups is 2. The van der Waals surface area contributed by atoms with Crippen LogP contribution in [-0.4, -0.2) is 186 Å². The first kappa shape index (κ1) is 73.0. The molecule has 2 fully saturated rings. The first-order valence-electron chi connectivity index (χ1n) is 29.1. The van der Waals surface area contributed by atoms with Crippen LogP contribution in [0.5, 0.6) is 11.5 Å². The summed E-state index contributed by atoms with van der Waals surface area (Å²) in [5.41, 5.74) is 3.79. The van der Waals surface area contributed by atoms with E-state index in [0.717, 1.165) is 22.1 Å². The lowest BCUT2D eigenvalue weighted by Gasteiger charge is -2.42. The highest BCUT2D eigenvalue weighted by Crippen LogP contribution is 2.49. The van der Waals surface area contributed by atoms with Crippen LogP contribution < -0.4 is 47.3 Å². The first-order chi connectivity index (χ1) is 41.6. The molecule has 3 aliphatic rings. The van der Waals surface area contributed by atoms with Crippen LogP contribution in [0, 0.1) is 17.8 Å². The molecule has 11 N–H and O–H groups in total. The van der Waals surface area contributed by atoms with Crippen LogP contribution in [0.4, 0.5) is 16.2 Å². The van der Waals surface area contributed by atoms with Gasteiger partial charge in [0.25, 0.3) is 5.91 Å². The van der Waals surface area contributed by atoms with Crippen LogP contribution in [0.25, 0.3) is 0 Å². The third kappa shape index (κ3) is 19.4. The molecule has 4 bridgehead atoms. The number of alkyl carbamates (subject to hydrolysis) is 1. The molecule has 0 radical (unpaired) electrons. The van der Waals surface area contributed by atoms with Crippen molar-refractivity contribution in [3.63, 3.8) is 0 Å². The molecule has 3 aliphatic heterocycles. The Hall–Kier alpha value is -5.75. The van der Waals surface area contributed by atoms with Crippen molar-refractivity contribution in [2.45, 2.75) is 159 Å². The van der Waals surface area contributed by atoms with E-state index in [1.165, 1.54) is 52.3 Å². The van der Waals surface area contributed by atoms with Gasteiger partial charge in [-0.1, -0.05) is 88.0 Å². The molecule has 88 heavy (non-hydrogen) atoms. The number of likely N-dealkylation sites (N-methyl/N-ethyl adjacent to an activating group) is 1. The molecule has 2 aromatic rings. The number of unbranched alkanes of at least 4 members (excludes halogenated alkanes) is 1. The third-order valence-electron chi connectivity index (χ3n) is 16.1. The van der Waals surface area contributed by atoms with E-state index in [0.29, 0.717) is 60.6 Å². The molecule has 6 amide bonds. The summed E-state index contributed by atoms with van der Waals surface area (Å²) in [4.78, 5) is 111. The van der Waals surface area contributed by atoms with Gasteiger partial charge >= 0.3 is 12.1 Å². The molecular weight excluding hydrogens is 1300 g/mol. The molecule has 0 spiro atoms. The molecule has 3 heterocycles. The minimum Gasteiger partial charge on any atom is -0.506 e. The standard InChI is InChI=1S/C60H86Br2ClN9O16/c1-32(2)50(67-39(31-73)16-11-12-21-65-52(76)38(29-61)30-62)54(78)69-41(17-14-22-66-57(64)81)53(77)68-40-20-19-37(26-43(40)74)55(79)71(7)35(5)56(80)87-47-27-48(75)72(8)42-24-36(25-44(84-9)49(42)63)23-33(3)15-13-18-46(85-10)60(83)28-45(86-58(82)70-60)34(4)51-59(47,6)88-51/h13,15,18-20,24-26,31-32,34-35,38-39,41,45-47,50-51,57,66-67,74,81,83H,11-12,14,16-17,21-23,27-30,64H2,1-10H3,(H,65,76)(H,68,77)(H,69,78)(H,70,82)/b18-13+,33-15+/t34-,35+,39?,41+,45+,46-,47+,50+,51+,57?,59+,60+/m1/s1. The van der Waals surface area contributed by atoms with Gasteiger partial charge < -0.3 is 69.5 Å². The van der Waals surface area contributed by atoms with Gasteiger partial charge in [-0.15, -0.1) is 0 Å². The molecule has 2 aromatic carbocycles. The monoisotopic (exact) mass is 1380 g/mol. The Kier molecular flexibility index (Phi) is 27.7. The topological polar surface area (TPSA) is 351 Å². The second-order valence-electron chi connectivity index (χ2n) is 23.1. The van der Waals surface area contributed by atoms with Crippen molar-refractivity contribution in [2.24, 2.45) is 23.5 Å². The zero-order valence-electron chi connectivity index (χ0n) is 51.4. The lowest BCUT2D eigenvalue weighted by molar-refractivity contribution is -0.158. The fraction of sp³-hybridized carbons (Fsp3) is 0.600. The highest BCUT2D eigenvalue weighted by atomic mass is 79.9. The normalized spacial score (nSPS) is 24.8. The first-order valence-corrected chi connectivity index (χ1v) is 31.8. The third-order valence-corrected chi connectivity index (χ3v) is 18.0. The van der Waals surface area contributed by atoms with Gasteiger partial charge in [-0.25, -0.2) is 9.59 Å². The molecule has 25 nitrogen and oxygen atoms in total. The number of ether oxygens (including phenoxy) is 5. The SMILES string of the molecule is COc1cc2cc(c1Cl)N(C)C(=O)C[C@H](OC(=O)[C@H](C)N(C)C(=O)c1ccc(NC(=O)[C@H](CCCNC(N)O)NC(=O)[C@@H](NC(C=O)CCCCNC(=O)C(CBr)CBr)C(C)C)c(O)c1)[C@]1(C)O[C@H]1[C@H](C)[C@@H]1C[C@@](O)(NC(=O)O1)[C@H](OC)/C=C/C=C(\C)C2. The number of anilines is 2. The molecule has 0 aliphatic carbocycles. The Labute approximate surface area is 535 Å². The van der Waals surface area contributed by atoms with Gasteiger partial charge in [0.15, 0.2) is 12.1 Å². The summed E-state index contributed by atoms with van der Waals surface area (Å²) in [6.45, 7) is 10.8. The summed E-state index contributed by atoms with van der Waals surface area (Å²) in [5, 5.41) is 50.5. The molecule has 0 aromatic heterocycles. The van der Waals surface area contributed by atoms with Gasteiger partial charge in [-0.3, -0.25) is 45.7 Å². The number of aliphatic hydroxyl groups excluding tert-OH is 1. The van der Waals surface area contributed by atoms with E-state index in [4.69, 9.17) is 41.0 Å². The summed E-state index contributed by atoms with van der Waals surface area (Å²) in [6, 6.07) is 2.94. The van der Waals surface area contributed by atoms with Crippen LogP contribution in [0.2, 0.25) is 5.02 Å². The average Bonchev–Trinajstić information content (AvgIpc) is 2.18. The van der Waals surface area contributed by atoms with Crippen LogP contribution in [0.15, 0.2) is 54.1 Å². The number of nitrogens with two attached hydrogens (primary N) is 1. The summed E-state index contributed by atoms with van der Waals surface area (Å²) in [6.07, 6.45) is 1.02. The van der Waals surface area contributed by atoms with Gasteiger partial charge in [0.05, 0.1) is 49.0 Å². The number of epoxide rings is 1. The quantitative estimate of drug-likeness (QED) is 0.0112. The van der Waals surface area contributed by atoms with Crippen molar-refractivity contribution in [3.05, 3.63) is 70.3 Å². The van der Waals surface area contributed by atoms with Crippen molar-refractivity contribution in [1.82, 2.24) is 31.5 Å². The molecule has 28 heteroatoms. The van der Waals surface area contributed by atoms with Crippen LogP contribution in [-0.2, 0) is 54.1 Å². The van der Waals surface area contributed by atoms with E-state index in [9.17, 15) is 53.7 Å². The average molecular weight is 1380 g/mol. The van der Waals surface area contributed by atoms with Gasteiger partial charge in [-0.2, -0.15) is 0 Å². The summed E-state index contributed by atoms with van der Waals surface area (Å²) >= 11 is 13.5. The molecular formula is C60H86Br2ClN9O16. The van der Waals surface area contributed by atoms with Crippen LogP contribution >= 0.6 is 43.5 Å². The molecule has 0 saturated carbocycles. The van der Waals surface area contributed by atoms with Crippen molar-refractivity contribution in [2.75, 3.05) is 62.3 Å². The number of fused-ring (bicyclic) bond motifs is 5. The molecule has 5 rings (SSSR count). The van der Waals surface area contributed by atoms with E-state index < -0.39 is 120 Å². The molecule has 2 unspecified atom stereocenters. The zero-order chi connectivity index (χ0) is 65.4. The number of methoxy groups -OCH3 is 2. The number of benzene rings is 2. The number of phenolic OH excluding ortho intramolecular Hbond substituents is 1. The number of phenols is 1. The number of nitrogens with zero attached hydrogens (tertiary/aromatic N) is 2. The number of allylic oxidation sites excluding steroid dienone is 3. The predicted molar refractivity (Wildman–Crippen MR) is 336 cm³/mol. The van der Waals surface area contributed by atoms with E-state index >= 15 is 0 Å². The van der Waals surface area contributed by atoms with Gasteiger partial charge in [0.1, 0.15) is 58.8 Å². The van der Waals surface area contributed by atoms with Crippen LogP contribution in [0.1, 0.15) is 102 Å². The maximum atomic E-state index is 14.5. The second-order valence-corrected chi connectivity index (χ2v) is 24.7. The summed E-state index contributed by atoms with van der Waals surface area (Å²) in [7, 11) is 5.68. The second kappa shape index (κ2) is 33.4. The Bertz CT molecular complexity index is 2870. The number of esters is 1. The minimum atomic E-state index is -1.93. The van der Waals surface area contributed by atoms with Crippen molar-refractivity contribution >= 4 is 103 Å². The number of halogens is 3. The number of hydrogen-bond acceptors (Lipinski definition) is 19. The lowest BCUT2D eigenvalue weighted by atomic mass is 9.83. The maximum absolute atomic E-state index is 14.5. The molecule has 488 valence electrons. The van der Waals surface area contributed by atoms with E-state index in [1.807, 2.05) is 13.0 Å². The molecule has 2 saturated heterocycles. The Balaban J connectivity index is 1.33. The number of aromatic hydroxyl groups is 1. The van der Waals surface area contributed by atoms with Crippen LogP contribution in [0.3, 0.4) is 0 Å². The van der Waals surface area contributed by atoms with E-state index in [-0.39, 0.29) is 59.8 Å². The maximum Gasteiger partial charge on any atom is 0.409 e. The predicted octanol–water partition coefficient (Wildman–Crippen LogP) is 4.44. The van der Waals surface area contributed by atoms with E-state index in [1.54, 1.807) is 52.0 Å². The van der Waals surface area contributed by atoms with E-state index in [2.05, 4.69) is 63.8 Å². The fourth-order valence-corrected chi connectivity index (χ4v) is 12.5. The number of carbonyl (C=O) groups excluding carboxylic acids is 8. The largest absolute Gasteiger partial charge is 0.506 e.